The van der Waals surface area contributed by atoms with Gasteiger partial charge in [0.2, 0.25) is 0 Å². The van der Waals surface area contributed by atoms with Crippen LogP contribution in [0.3, 0.4) is 0 Å². The number of hydrogen-bond donors (Lipinski definition) is 1. The quantitative estimate of drug-likeness (QED) is 0.804. The fourth-order valence-corrected chi connectivity index (χ4v) is 1.99. The molecule has 0 amide bonds. The van der Waals surface area contributed by atoms with Crippen molar-refractivity contribution in [3.8, 4) is 6.01 Å². The van der Waals surface area contributed by atoms with Gasteiger partial charge >= 0.3 is 6.01 Å². The number of methoxy groups -OCH3 is 1. The Balaban J connectivity index is 1.91. The Morgan fingerprint density at radius 1 is 1.47 bits per heavy atom. The standard InChI is InChI=1S/C11H17N3O/c1-15-11-13-7-10(8-14-11)5-9-3-2-4-12-6-9/h7-9,12H,2-6H2,1H3. The average molecular weight is 207 g/mol. The zero-order valence-corrected chi connectivity index (χ0v) is 9.07. The first-order valence-electron chi connectivity index (χ1n) is 5.44. The Labute approximate surface area is 90.1 Å². The molecule has 1 fully saturated rings. The van der Waals surface area contributed by atoms with Gasteiger partial charge in [0.1, 0.15) is 0 Å². The maximum absolute atomic E-state index is 4.92. The van der Waals surface area contributed by atoms with Gasteiger partial charge in [0, 0.05) is 12.4 Å². The minimum atomic E-state index is 0.445. The summed E-state index contributed by atoms with van der Waals surface area (Å²) in [5.41, 5.74) is 1.20. The highest BCUT2D eigenvalue weighted by Crippen LogP contribution is 2.15. The van der Waals surface area contributed by atoms with E-state index in [1.165, 1.54) is 18.4 Å². The molecule has 1 aliphatic rings. The molecule has 1 N–H and O–H groups in total. The van der Waals surface area contributed by atoms with Crippen molar-refractivity contribution in [3.05, 3.63) is 18.0 Å². The molecule has 0 aromatic carbocycles. The Bertz CT molecular complexity index is 293. The summed E-state index contributed by atoms with van der Waals surface area (Å²) in [5, 5.41) is 3.41. The van der Waals surface area contributed by atoms with Crippen molar-refractivity contribution in [2.75, 3.05) is 20.2 Å². The second-order valence-electron chi connectivity index (χ2n) is 3.99. The molecule has 0 aliphatic carbocycles. The van der Waals surface area contributed by atoms with Crippen LogP contribution in [0.4, 0.5) is 0 Å². The summed E-state index contributed by atoms with van der Waals surface area (Å²) < 4.78 is 4.92. The zero-order valence-electron chi connectivity index (χ0n) is 9.07. The van der Waals surface area contributed by atoms with E-state index in [0.717, 1.165) is 25.4 Å². The van der Waals surface area contributed by atoms with E-state index in [4.69, 9.17) is 4.74 Å². The van der Waals surface area contributed by atoms with Gasteiger partial charge in [-0.1, -0.05) is 0 Å². The lowest BCUT2D eigenvalue weighted by atomic mass is 9.93. The first kappa shape index (κ1) is 10.4. The second kappa shape index (κ2) is 5.07. The first-order chi connectivity index (χ1) is 7.38. The van der Waals surface area contributed by atoms with Crippen LogP contribution in [0.25, 0.3) is 0 Å². The predicted molar refractivity (Wildman–Crippen MR) is 57.9 cm³/mol. The molecule has 0 radical (unpaired) electrons. The van der Waals surface area contributed by atoms with Crippen molar-refractivity contribution in [1.29, 1.82) is 0 Å². The van der Waals surface area contributed by atoms with E-state index in [2.05, 4.69) is 15.3 Å². The molecule has 1 aromatic rings. The lowest BCUT2D eigenvalue weighted by Gasteiger charge is -2.22. The Hall–Kier alpha value is -1.16. The number of ether oxygens (including phenoxy) is 1. The Kier molecular flexibility index (Phi) is 3.50. The molecule has 4 nitrogen and oxygen atoms in total. The van der Waals surface area contributed by atoms with Crippen molar-refractivity contribution in [1.82, 2.24) is 15.3 Å². The van der Waals surface area contributed by atoms with Crippen molar-refractivity contribution in [2.45, 2.75) is 19.3 Å². The molecule has 1 atom stereocenters. The summed E-state index contributed by atoms with van der Waals surface area (Å²) in [4.78, 5) is 8.22. The van der Waals surface area contributed by atoms with Gasteiger partial charge in [-0.15, -0.1) is 0 Å². The second-order valence-corrected chi connectivity index (χ2v) is 3.99. The van der Waals surface area contributed by atoms with E-state index in [-0.39, 0.29) is 0 Å². The Morgan fingerprint density at radius 3 is 2.87 bits per heavy atom. The van der Waals surface area contributed by atoms with Gasteiger partial charge in [-0.2, -0.15) is 0 Å². The molecule has 0 bridgehead atoms. The number of hydrogen-bond acceptors (Lipinski definition) is 4. The minimum Gasteiger partial charge on any atom is -0.467 e. The third-order valence-corrected chi connectivity index (χ3v) is 2.79. The normalized spacial score (nSPS) is 21.3. The highest BCUT2D eigenvalue weighted by molar-refractivity contribution is 5.08. The fraction of sp³-hybridized carbons (Fsp3) is 0.636. The van der Waals surface area contributed by atoms with Crippen LogP contribution < -0.4 is 10.1 Å². The van der Waals surface area contributed by atoms with Gasteiger partial charge in [0.15, 0.2) is 0 Å². The molecule has 82 valence electrons. The number of nitrogens with zero attached hydrogens (tertiary/aromatic N) is 2. The van der Waals surface area contributed by atoms with Crippen LogP contribution in [-0.2, 0) is 6.42 Å². The summed E-state index contributed by atoms with van der Waals surface area (Å²) in [5.74, 6) is 0.732. The van der Waals surface area contributed by atoms with Gasteiger partial charge in [0.05, 0.1) is 7.11 Å². The fourth-order valence-electron chi connectivity index (χ4n) is 1.99. The van der Waals surface area contributed by atoms with Gasteiger partial charge in [-0.25, -0.2) is 9.97 Å². The summed E-state index contributed by atoms with van der Waals surface area (Å²) in [7, 11) is 1.58. The summed E-state index contributed by atoms with van der Waals surface area (Å²) >= 11 is 0. The van der Waals surface area contributed by atoms with Crippen LogP contribution in [0.1, 0.15) is 18.4 Å². The van der Waals surface area contributed by atoms with Crippen molar-refractivity contribution < 1.29 is 4.74 Å². The SMILES string of the molecule is COc1ncc(CC2CCCNC2)cn1. The molecule has 2 rings (SSSR count). The van der Waals surface area contributed by atoms with E-state index in [9.17, 15) is 0 Å². The summed E-state index contributed by atoms with van der Waals surface area (Å²) in [6.07, 6.45) is 7.37. The van der Waals surface area contributed by atoms with Crippen molar-refractivity contribution in [3.63, 3.8) is 0 Å². The maximum atomic E-state index is 4.92. The molecule has 0 spiro atoms. The van der Waals surface area contributed by atoms with E-state index in [1.807, 2.05) is 12.4 Å². The number of nitrogens with one attached hydrogen (secondary N) is 1. The van der Waals surface area contributed by atoms with Gasteiger partial charge in [0.25, 0.3) is 0 Å². The zero-order chi connectivity index (χ0) is 10.5. The minimum absolute atomic E-state index is 0.445. The highest BCUT2D eigenvalue weighted by atomic mass is 16.5. The number of aromatic nitrogens is 2. The first-order valence-corrected chi connectivity index (χ1v) is 5.44. The topological polar surface area (TPSA) is 47.0 Å². The molecule has 1 unspecified atom stereocenters. The van der Waals surface area contributed by atoms with E-state index < -0.39 is 0 Å². The van der Waals surface area contributed by atoms with E-state index in [1.54, 1.807) is 7.11 Å². The number of piperidine rings is 1. The van der Waals surface area contributed by atoms with Crippen LogP contribution in [0.15, 0.2) is 12.4 Å². The molecule has 0 saturated carbocycles. The molecule has 2 heterocycles. The van der Waals surface area contributed by atoms with Crippen molar-refractivity contribution >= 4 is 0 Å². The maximum Gasteiger partial charge on any atom is 0.316 e. The van der Waals surface area contributed by atoms with Crippen molar-refractivity contribution in [2.24, 2.45) is 5.92 Å². The third kappa shape index (κ3) is 2.89. The smallest absolute Gasteiger partial charge is 0.316 e. The van der Waals surface area contributed by atoms with Crippen LogP contribution >= 0.6 is 0 Å². The van der Waals surface area contributed by atoms with Gasteiger partial charge in [-0.05, 0) is 43.8 Å². The molecule has 1 aromatic heterocycles. The predicted octanol–water partition coefficient (Wildman–Crippen LogP) is 1.03. The molecule has 15 heavy (non-hydrogen) atoms. The molecule has 4 heteroatoms. The summed E-state index contributed by atoms with van der Waals surface area (Å²) in [6, 6.07) is 0.445. The largest absolute Gasteiger partial charge is 0.467 e. The average Bonchev–Trinajstić information content (AvgIpc) is 2.31. The van der Waals surface area contributed by atoms with E-state index >= 15 is 0 Å². The lowest BCUT2D eigenvalue weighted by Crippen LogP contribution is -2.30. The molecular formula is C11H17N3O. The van der Waals surface area contributed by atoms with E-state index in [0.29, 0.717) is 6.01 Å². The van der Waals surface area contributed by atoms with Gasteiger partial charge in [-0.3, -0.25) is 0 Å². The lowest BCUT2D eigenvalue weighted by molar-refractivity contribution is 0.369. The molecular weight excluding hydrogens is 190 g/mol. The monoisotopic (exact) mass is 207 g/mol. The number of rotatable bonds is 3. The summed E-state index contributed by atoms with van der Waals surface area (Å²) in [6.45, 7) is 2.28. The Morgan fingerprint density at radius 2 is 2.27 bits per heavy atom. The van der Waals surface area contributed by atoms with Crippen LogP contribution in [0.2, 0.25) is 0 Å². The van der Waals surface area contributed by atoms with Gasteiger partial charge < -0.3 is 10.1 Å². The van der Waals surface area contributed by atoms with Crippen LogP contribution in [-0.4, -0.2) is 30.2 Å². The van der Waals surface area contributed by atoms with Crippen LogP contribution in [0.5, 0.6) is 6.01 Å². The molecule has 1 aliphatic heterocycles. The molecule has 1 saturated heterocycles. The van der Waals surface area contributed by atoms with Crippen LogP contribution in [0, 0.1) is 5.92 Å². The third-order valence-electron chi connectivity index (χ3n) is 2.79. The highest BCUT2D eigenvalue weighted by Gasteiger charge is 2.13.